The molecule has 1 fully saturated rings. The van der Waals surface area contributed by atoms with Crippen molar-refractivity contribution < 1.29 is 31.5 Å². The lowest BCUT2D eigenvalue weighted by Gasteiger charge is -2.31. The van der Waals surface area contributed by atoms with Crippen molar-refractivity contribution in [1.82, 2.24) is 10.3 Å². The van der Waals surface area contributed by atoms with Gasteiger partial charge in [0.2, 0.25) is 0 Å². The van der Waals surface area contributed by atoms with Crippen LogP contribution in [0.2, 0.25) is 0 Å². The summed E-state index contributed by atoms with van der Waals surface area (Å²) >= 11 is 0. The molecule has 3 heterocycles. The van der Waals surface area contributed by atoms with Gasteiger partial charge >= 0.3 is 6.18 Å². The van der Waals surface area contributed by atoms with E-state index in [9.17, 15) is 22.4 Å². The fraction of sp³-hybridized carbons (Fsp3) is 0.214. The topological polar surface area (TPSA) is 79.6 Å². The van der Waals surface area contributed by atoms with E-state index in [1.165, 1.54) is 30.5 Å². The van der Waals surface area contributed by atoms with Gasteiger partial charge in [0.05, 0.1) is 11.8 Å². The van der Waals surface area contributed by atoms with E-state index in [0.29, 0.717) is 37.5 Å². The third kappa shape index (κ3) is 6.20. The number of carbonyl (C=O) groups is 1. The number of rotatable bonds is 7. The minimum Gasteiger partial charge on any atom is -0.486 e. The van der Waals surface area contributed by atoms with Gasteiger partial charge in [-0.25, -0.2) is 4.39 Å². The van der Waals surface area contributed by atoms with Crippen molar-refractivity contribution in [2.75, 3.05) is 36.4 Å². The first-order valence-corrected chi connectivity index (χ1v) is 12.2. The molecule has 0 spiro atoms. The Labute approximate surface area is 221 Å². The number of amides is 1. The molecule has 2 aromatic heterocycles. The first-order valence-electron chi connectivity index (χ1n) is 12.2. The first-order chi connectivity index (χ1) is 18.8. The molecule has 0 radical (unpaired) electrons. The summed E-state index contributed by atoms with van der Waals surface area (Å²) in [6, 6.07) is 12.5. The monoisotopic (exact) mass is 540 g/mol. The maximum absolute atomic E-state index is 14.4. The van der Waals surface area contributed by atoms with Gasteiger partial charge in [-0.05, 0) is 54.6 Å². The van der Waals surface area contributed by atoms with Gasteiger partial charge < -0.3 is 24.7 Å². The summed E-state index contributed by atoms with van der Waals surface area (Å²) in [6.07, 6.45) is 0.105. The van der Waals surface area contributed by atoms with Crippen molar-refractivity contribution in [2.45, 2.75) is 12.8 Å². The number of pyridine rings is 1. The van der Waals surface area contributed by atoms with Crippen LogP contribution in [0.5, 0.6) is 5.75 Å². The number of aromatic nitrogens is 1. The maximum Gasteiger partial charge on any atom is 0.418 e. The average molecular weight is 541 g/mol. The van der Waals surface area contributed by atoms with Gasteiger partial charge in [-0.1, -0.05) is 0 Å². The SMILES string of the molecule is O=C(Nc1ccc(N2CCNCC2)c(C(F)(F)F)c1)c1ccc(F)c(OCc2cncc(-c3ccco3)c2)c1. The van der Waals surface area contributed by atoms with Gasteiger partial charge in [-0.2, -0.15) is 13.2 Å². The Morgan fingerprint density at radius 3 is 2.64 bits per heavy atom. The number of hydrogen-bond acceptors (Lipinski definition) is 6. The average Bonchev–Trinajstić information content (AvgIpc) is 3.48. The zero-order chi connectivity index (χ0) is 27.4. The Kier molecular flexibility index (Phi) is 7.51. The van der Waals surface area contributed by atoms with Gasteiger partial charge in [0, 0.05) is 66.6 Å². The van der Waals surface area contributed by atoms with E-state index in [1.54, 1.807) is 35.5 Å². The molecule has 0 saturated carbocycles. The van der Waals surface area contributed by atoms with E-state index in [2.05, 4.69) is 15.6 Å². The van der Waals surface area contributed by atoms with Crippen molar-refractivity contribution in [2.24, 2.45) is 0 Å². The summed E-state index contributed by atoms with van der Waals surface area (Å²) in [5.41, 5.74) is 0.575. The Balaban J connectivity index is 1.30. The Hall–Kier alpha value is -4.38. The lowest BCUT2D eigenvalue weighted by atomic mass is 10.1. The zero-order valence-electron chi connectivity index (χ0n) is 20.6. The zero-order valence-corrected chi connectivity index (χ0v) is 20.6. The largest absolute Gasteiger partial charge is 0.486 e. The van der Waals surface area contributed by atoms with Gasteiger partial charge in [0.25, 0.3) is 5.91 Å². The van der Waals surface area contributed by atoms with Crippen molar-refractivity contribution >= 4 is 17.3 Å². The van der Waals surface area contributed by atoms with E-state index in [-0.39, 0.29) is 29.3 Å². The molecule has 2 N–H and O–H groups in total. The van der Waals surface area contributed by atoms with Crippen LogP contribution in [-0.2, 0) is 12.8 Å². The molecule has 202 valence electrons. The highest BCUT2D eigenvalue weighted by atomic mass is 19.4. The summed E-state index contributed by atoms with van der Waals surface area (Å²) in [6.45, 7) is 2.01. The number of alkyl halides is 3. The van der Waals surface area contributed by atoms with Crippen molar-refractivity contribution in [3.05, 3.63) is 95.8 Å². The highest BCUT2D eigenvalue weighted by molar-refractivity contribution is 6.04. The lowest BCUT2D eigenvalue weighted by Crippen LogP contribution is -2.44. The van der Waals surface area contributed by atoms with E-state index in [0.717, 1.165) is 17.7 Å². The van der Waals surface area contributed by atoms with Gasteiger partial charge in [-0.15, -0.1) is 0 Å². The molecular weight excluding hydrogens is 516 g/mol. The van der Waals surface area contributed by atoms with Crippen LogP contribution >= 0.6 is 0 Å². The van der Waals surface area contributed by atoms with Crippen LogP contribution in [0.3, 0.4) is 0 Å². The predicted octanol–water partition coefficient (Wildman–Crippen LogP) is 5.74. The summed E-state index contributed by atoms with van der Waals surface area (Å²) in [7, 11) is 0. The molecule has 11 heteroatoms. The molecule has 0 atom stereocenters. The number of nitrogens with one attached hydrogen (secondary N) is 2. The summed E-state index contributed by atoms with van der Waals surface area (Å²) in [5, 5.41) is 5.59. The first kappa shape index (κ1) is 26.2. The number of ether oxygens (including phenoxy) is 1. The summed E-state index contributed by atoms with van der Waals surface area (Å²) in [5.74, 6) is -0.967. The van der Waals surface area contributed by atoms with Gasteiger partial charge in [0.15, 0.2) is 11.6 Å². The molecule has 1 amide bonds. The molecule has 7 nitrogen and oxygen atoms in total. The van der Waals surface area contributed by atoms with E-state index in [4.69, 9.17) is 9.15 Å². The molecule has 0 bridgehead atoms. The molecule has 2 aromatic carbocycles. The molecule has 5 rings (SSSR count). The second-order valence-corrected chi connectivity index (χ2v) is 8.91. The van der Waals surface area contributed by atoms with Crippen LogP contribution in [0, 0.1) is 5.82 Å². The minimum atomic E-state index is -4.61. The molecule has 39 heavy (non-hydrogen) atoms. The third-order valence-corrected chi connectivity index (χ3v) is 6.21. The maximum atomic E-state index is 14.4. The number of anilines is 2. The van der Waals surface area contributed by atoms with Crippen LogP contribution in [0.4, 0.5) is 28.9 Å². The Bertz CT molecular complexity index is 1450. The highest BCUT2D eigenvalue weighted by Crippen LogP contribution is 2.38. The van der Waals surface area contributed by atoms with E-state index < -0.39 is 23.5 Å². The second-order valence-electron chi connectivity index (χ2n) is 8.91. The molecule has 4 aromatic rings. The predicted molar refractivity (Wildman–Crippen MR) is 137 cm³/mol. The molecule has 1 saturated heterocycles. The third-order valence-electron chi connectivity index (χ3n) is 6.21. The van der Waals surface area contributed by atoms with Crippen LogP contribution in [0.15, 0.2) is 77.7 Å². The molecule has 0 aliphatic carbocycles. The van der Waals surface area contributed by atoms with Crippen LogP contribution in [-0.4, -0.2) is 37.1 Å². The number of piperazine rings is 1. The fourth-order valence-electron chi connectivity index (χ4n) is 4.29. The van der Waals surface area contributed by atoms with Crippen LogP contribution < -0.4 is 20.3 Å². The molecule has 0 unspecified atom stereocenters. The Morgan fingerprint density at radius 1 is 1.08 bits per heavy atom. The number of furan rings is 1. The highest BCUT2D eigenvalue weighted by Gasteiger charge is 2.35. The van der Waals surface area contributed by atoms with Gasteiger partial charge in [-0.3, -0.25) is 9.78 Å². The molecular formula is C28H24F4N4O3. The van der Waals surface area contributed by atoms with Crippen LogP contribution in [0.25, 0.3) is 11.3 Å². The number of nitrogens with zero attached hydrogens (tertiary/aromatic N) is 2. The Morgan fingerprint density at radius 2 is 1.90 bits per heavy atom. The molecule has 1 aliphatic rings. The van der Waals surface area contributed by atoms with Crippen molar-refractivity contribution in [3.63, 3.8) is 0 Å². The number of benzene rings is 2. The standard InChI is InChI=1S/C28H24F4N4O3/c29-23-5-3-19(13-26(23)39-17-18-12-20(16-34-15-18)25-2-1-11-38-25)27(37)35-21-4-6-24(22(14-21)28(30,31)32)36-9-7-33-8-10-36/h1-6,11-16,33H,7-10,17H2,(H,35,37). The smallest absolute Gasteiger partial charge is 0.418 e. The number of carbonyl (C=O) groups excluding carboxylic acids is 1. The van der Waals surface area contributed by atoms with Crippen LogP contribution in [0.1, 0.15) is 21.5 Å². The summed E-state index contributed by atoms with van der Waals surface area (Å²) in [4.78, 5) is 18.7. The normalized spacial score (nSPS) is 13.8. The van der Waals surface area contributed by atoms with Gasteiger partial charge in [0.1, 0.15) is 12.4 Å². The number of halogens is 4. The summed E-state index contributed by atoms with van der Waals surface area (Å²) < 4.78 is 66.9. The lowest BCUT2D eigenvalue weighted by molar-refractivity contribution is -0.137. The number of hydrogen-bond donors (Lipinski definition) is 2. The second kappa shape index (κ2) is 11.2. The minimum absolute atomic E-state index is 0.0219. The fourth-order valence-corrected chi connectivity index (χ4v) is 4.29. The molecule has 1 aliphatic heterocycles. The quantitative estimate of drug-likeness (QED) is 0.291. The van der Waals surface area contributed by atoms with Crippen molar-refractivity contribution in [3.8, 4) is 17.1 Å². The van der Waals surface area contributed by atoms with E-state index >= 15 is 0 Å². The van der Waals surface area contributed by atoms with E-state index in [1.807, 2.05) is 0 Å². The van der Waals surface area contributed by atoms with Crippen molar-refractivity contribution in [1.29, 1.82) is 0 Å².